The van der Waals surface area contributed by atoms with Crippen molar-refractivity contribution in [3.8, 4) is 5.75 Å². The first kappa shape index (κ1) is 14.2. The summed E-state index contributed by atoms with van der Waals surface area (Å²) in [4.78, 5) is 14.3. The molecule has 0 bridgehead atoms. The van der Waals surface area contributed by atoms with E-state index >= 15 is 0 Å². The number of hydrogen-bond acceptors (Lipinski definition) is 4. The fraction of sp³-hybridized carbons (Fsp3) is 0.562. The van der Waals surface area contributed by atoms with Crippen LogP contribution in [0.2, 0.25) is 0 Å². The number of benzene rings is 1. The zero-order valence-electron chi connectivity index (χ0n) is 12.4. The van der Waals surface area contributed by atoms with E-state index in [9.17, 15) is 4.79 Å². The SMILES string of the molecule is COc1ccccc1NCC(=O)N1CC2CCC(N)C2C1. The van der Waals surface area contributed by atoms with Crippen molar-refractivity contribution in [1.29, 1.82) is 0 Å². The molecule has 0 spiro atoms. The number of fused-ring (bicyclic) bond motifs is 1. The molecule has 3 rings (SSSR count). The van der Waals surface area contributed by atoms with Crippen LogP contribution >= 0.6 is 0 Å². The highest BCUT2D eigenvalue weighted by molar-refractivity contribution is 5.81. The number of ether oxygens (including phenoxy) is 1. The Morgan fingerprint density at radius 3 is 2.95 bits per heavy atom. The molecule has 5 heteroatoms. The van der Waals surface area contributed by atoms with Crippen molar-refractivity contribution in [2.45, 2.75) is 18.9 Å². The number of amides is 1. The number of hydrogen-bond donors (Lipinski definition) is 2. The summed E-state index contributed by atoms with van der Waals surface area (Å²) in [5.74, 6) is 2.00. The van der Waals surface area contributed by atoms with Crippen molar-refractivity contribution in [2.24, 2.45) is 17.6 Å². The maximum atomic E-state index is 12.3. The second-order valence-corrected chi connectivity index (χ2v) is 6.02. The molecule has 21 heavy (non-hydrogen) atoms. The van der Waals surface area contributed by atoms with Crippen molar-refractivity contribution >= 4 is 11.6 Å². The van der Waals surface area contributed by atoms with E-state index in [4.69, 9.17) is 10.5 Å². The average molecular weight is 289 g/mol. The summed E-state index contributed by atoms with van der Waals surface area (Å²) in [6, 6.07) is 7.91. The van der Waals surface area contributed by atoms with Crippen LogP contribution in [0, 0.1) is 11.8 Å². The number of nitrogens with zero attached hydrogens (tertiary/aromatic N) is 1. The van der Waals surface area contributed by atoms with Crippen LogP contribution in [0.25, 0.3) is 0 Å². The van der Waals surface area contributed by atoms with Gasteiger partial charge in [0.1, 0.15) is 5.75 Å². The van der Waals surface area contributed by atoms with Crippen molar-refractivity contribution in [3.05, 3.63) is 24.3 Å². The van der Waals surface area contributed by atoms with Gasteiger partial charge in [0.15, 0.2) is 0 Å². The smallest absolute Gasteiger partial charge is 0.241 e. The number of carbonyl (C=O) groups excluding carboxylic acids is 1. The van der Waals surface area contributed by atoms with Crippen LogP contribution in [0.1, 0.15) is 12.8 Å². The lowest BCUT2D eigenvalue weighted by molar-refractivity contribution is -0.128. The zero-order valence-corrected chi connectivity index (χ0v) is 12.4. The van der Waals surface area contributed by atoms with Crippen molar-refractivity contribution in [3.63, 3.8) is 0 Å². The number of methoxy groups -OCH3 is 1. The van der Waals surface area contributed by atoms with Gasteiger partial charge >= 0.3 is 0 Å². The number of nitrogens with two attached hydrogens (primary N) is 1. The van der Waals surface area contributed by atoms with Gasteiger partial charge in [-0.25, -0.2) is 0 Å². The van der Waals surface area contributed by atoms with Gasteiger partial charge in [0.05, 0.1) is 19.3 Å². The summed E-state index contributed by atoms with van der Waals surface area (Å²) >= 11 is 0. The molecule has 1 aromatic rings. The molecule has 3 unspecified atom stereocenters. The van der Waals surface area contributed by atoms with Crippen LogP contribution in [0.3, 0.4) is 0 Å². The molecule has 0 radical (unpaired) electrons. The van der Waals surface area contributed by atoms with E-state index in [1.807, 2.05) is 29.2 Å². The predicted molar refractivity (Wildman–Crippen MR) is 82.3 cm³/mol. The Balaban J connectivity index is 1.55. The lowest BCUT2D eigenvalue weighted by Crippen LogP contribution is -2.36. The van der Waals surface area contributed by atoms with Crippen LogP contribution < -0.4 is 15.8 Å². The van der Waals surface area contributed by atoms with E-state index in [1.165, 1.54) is 0 Å². The summed E-state index contributed by atoms with van der Waals surface area (Å²) in [6.45, 7) is 1.98. The molecule has 1 aliphatic carbocycles. The fourth-order valence-electron chi connectivity index (χ4n) is 3.58. The molecule has 1 saturated heterocycles. The molecule has 1 saturated carbocycles. The Morgan fingerprint density at radius 2 is 2.19 bits per heavy atom. The summed E-state index contributed by atoms with van der Waals surface area (Å²) in [6.07, 6.45) is 2.27. The Hall–Kier alpha value is -1.75. The number of nitrogens with one attached hydrogen (secondary N) is 1. The monoisotopic (exact) mass is 289 g/mol. The molecular weight excluding hydrogens is 266 g/mol. The van der Waals surface area contributed by atoms with E-state index in [0.29, 0.717) is 18.4 Å². The number of anilines is 1. The largest absolute Gasteiger partial charge is 0.495 e. The zero-order chi connectivity index (χ0) is 14.8. The molecule has 1 aliphatic heterocycles. The molecule has 5 nitrogen and oxygen atoms in total. The summed E-state index contributed by atoms with van der Waals surface area (Å²) in [7, 11) is 1.63. The van der Waals surface area contributed by atoms with E-state index < -0.39 is 0 Å². The maximum absolute atomic E-state index is 12.3. The predicted octanol–water partition coefficient (Wildman–Crippen LogP) is 1.30. The lowest BCUT2D eigenvalue weighted by atomic mass is 9.98. The maximum Gasteiger partial charge on any atom is 0.241 e. The first-order valence-electron chi connectivity index (χ1n) is 7.59. The van der Waals surface area contributed by atoms with Crippen LogP contribution in [0.5, 0.6) is 5.75 Å². The molecule has 2 aliphatic rings. The molecule has 3 N–H and O–H groups in total. The second kappa shape index (κ2) is 5.93. The van der Waals surface area contributed by atoms with Gasteiger partial charge < -0.3 is 20.7 Å². The number of carbonyl (C=O) groups is 1. The third-order valence-electron chi connectivity index (χ3n) is 4.80. The number of rotatable bonds is 4. The van der Waals surface area contributed by atoms with E-state index in [0.717, 1.165) is 37.4 Å². The van der Waals surface area contributed by atoms with Gasteiger partial charge in [-0.3, -0.25) is 4.79 Å². The summed E-state index contributed by atoms with van der Waals surface area (Å²) in [5, 5.41) is 3.17. The standard InChI is InChI=1S/C16H23N3O2/c1-21-15-5-3-2-4-14(15)18-8-16(20)19-9-11-6-7-13(17)12(11)10-19/h2-5,11-13,18H,6-10,17H2,1H3. The van der Waals surface area contributed by atoms with Crippen molar-refractivity contribution in [1.82, 2.24) is 4.90 Å². The van der Waals surface area contributed by atoms with Gasteiger partial charge in [0, 0.05) is 19.1 Å². The number of likely N-dealkylation sites (tertiary alicyclic amines) is 1. The highest BCUT2D eigenvalue weighted by Crippen LogP contribution is 2.37. The molecular formula is C16H23N3O2. The van der Waals surface area contributed by atoms with Crippen LogP contribution in [0.15, 0.2) is 24.3 Å². The normalized spacial score (nSPS) is 27.5. The van der Waals surface area contributed by atoms with Crippen LogP contribution in [0.4, 0.5) is 5.69 Å². The first-order valence-corrected chi connectivity index (χ1v) is 7.59. The second-order valence-electron chi connectivity index (χ2n) is 6.02. The van der Waals surface area contributed by atoms with Gasteiger partial charge in [-0.2, -0.15) is 0 Å². The lowest BCUT2D eigenvalue weighted by Gasteiger charge is -2.19. The third kappa shape index (κ3) is 2.83. The van der Waals surface area contributed by atoms with Crippen LogP contribution in [-0.4, -0.2) is 43.6 Å². The van der Waals surface area contributed by atoms with Crippen molar-refractivity contribution in [2.75, 3.05) is 32.1 Å². The molecule has 2 fully saturated rings. The quantitative estimate of drug-likeness (QED) is 0.877. The molecule has 0 aromatic heterocycles. The third-order valence-corrected chi connectivity index (χ3v) is 4.80. The van der Waals surface area contributed by atoms with Gasteiger partial charge in [0.2, 0.25) is 5.91 Å². The first-order chi connectivity index (χ1) is 10.2. The topological polar surface area (TPSA) is 67.6 Å². The highest BCUT2D eigenvalue weighted by Gasteiger charge is 2.42. The van der Waals surface area contributed by atoms with Crippen LogP contribution in [-0.2, 0) is 4.79 Å². The minimum atomic E-state index is 0.141. The average Bonchev–Trinajstić information content (AvgIpc) is 3.07. The van der Waals surface area contributed by atoms with Gasteiger partial charge in [-0.1, -0.05) is 12.1 Å². The van der Waals surface area contributed by atoms with Gasteiger partial charge in [-0.15, -0.1) is 0 Å². The Morgan fingerprint density at radius 1 is 1.38 bits per heavy atom. The van der Waals surface area contributed by atoms with E-state index in [2.05, 4.69) is 5.32 Å². The molecule has 1 heterocycles. The molecule has 3 atom stereocenters. The van der Waals surface area contributed by atoms with E-state index in [1.54, 1.807) is 7.11 Å². The minimum Gasteiger partial charge on any atom is -0.495 e. The molecule has 1 aromatic carbocycles. The summed E-state index contributed by atoms with van der Waals surface area (Å²) in [5.41, 5.74) is 6.97. The van der Waals surface area contributed by atoms with Crippen molar-refractivity contribution < 1.29 is 9.53 Å². The number of para-hydroxylation sites is 2. The van der Waals surface area contributed by atoms with Gasteiger partial charge in [0.25, 0.3) is 0 Å². The molecule has 1 amide bonds. The Kier molecular flexibility index (Phi) is 4.01. The van der Waals surface area contributed by atoms with Gasteiger partial charge in [-0.05, 0) is 36.8 Å². The van der Waals surface area contributed by atoms with E-state index in [-0.39, 0.29) is 11.9 Å². The highest BCUT2D eigenvalue weighted by atomic mass is 16.5. The Bertz CT molecular complexity index is 520. The fourth-order valence-corrected chi connectivity index (χ4v) is 3.58. The minimum absolute atomic E-state index is 0.141. The summed E-state index contributed by atoms with van der Waals surface area (Å²) < 4.78 is 5.27. The Labute approximate surface area is 125 Å². The molecule has 114 valence electrons.